The number of carbonyl (C=O) groups is 2. The third kappa shape index (κ3) is 3.03. The van der Waals surface area contributed by atoms with Crippen LogP contribution in [0.15, 0.2) is 11.6 Å². The van der Waals surface area contributed by atoms with E-state index >= 15 is 0 Å². The molecule has 0 aliphatic heterocycles. The largest absolute Gasteiger partial charge is 0.393 e. The normalized spacial score (nSPS) is 54.5. The Balaban J connectivity index is 1.54. The Morgan fingerprint density at radius 3 is 2.15 bits per heavy atom. The molecule has 0 aromatic carbocycles. The molecule has 4 saturated carbocycles. The monoisotopic (exact) mass is 470 g/mol. The first-order valence-electron chi connectivity index (χ1n) is 13.8. The van der Waals surface area contributed by atoms with Gasteiger partial charge in [-0.05, 0) is 97.9 Å². The van der Waals surface area contributed by atoms with Crippen LogP contribution in [-0.4, -0.2) is 34.5 Å². The van der Waals surface area contributed by atoms with Crippen LogP contribution in [0.25, 0.3) is 0 Å². The molecule has 190 valence electrons. The topological polar surface area (TPSA) is 74.6 Å². The van der Waals surface area contributed by atoms with Crippen molar-refractivity contribution in [2.24, 2.45) is 50.7 Å². The van der Waals surface area contributed by atoms with Crippen molar-refractivity contribution in [3.63, 3.8) is 0 Å². The summed E-state index contributed by atoms with van der Waals surface area (Å²) < 4.78 is 0. The SMILES string of the molecule is CC1(C)[C@H](O)CC[C@]2(C)[C@H]3CC[C@@H]4[C@@](C)(CC[C@H]5[C@@](C)(C=O)[C@H](O)CC[C@]45C)CC3=CC(=O)[C@@H]12. The Bertz CT molecular complexity index is 921. The van der Waals surface area contributed by atoms with Gasteiger partial charge in [0.1, 0.15) is 6.29 Å². The average Bonchev–Trinajstić information content (AvgIpc) is 2.90. The minimum atomic E-state index is -0.663. The second-order valence-electron chi connectivity index (χ2n) is 14.6. The second-order valence-corrected chi connectivity index (χ2v) is 14.6. The highest BCUT2D eigenvalue weighted by Crippen LogP contribution is 2.69. The Kier molecular flexibility index (Phi) is 5.45. The first-order chi connectivity index (χ1) is 15.7. The van der Waals surface area contributed by atoms with Crippen LogP contribution < -0.4 is 0 Å². The maximum Gasteiger partial charge on any atom is 0.159 e. The molecular weight excluding hydrogens is 424 g/mol. The molecule has 2 N–H and O–H groups in total. The number of aliphatic hydroxyl groups excluding tert-OH is 2. The van der Waals surface area contributed by atoms with Crippen molar-refractivity contribution in [1.82, 2.24) is 0 Å². The van der Waals surface area contributed by atoms with Crippen molar-refractivity contribution in [2.45, 2.75) is 112 Å². The lowest BCUT2D eigenvalue weighted by Crippen LogP contribution is -2.59. The van der Waals surface area contributed by atoms with Crippen LogP contribution in [0.5, 0.6) is 0 Å². The summed E-state index contributed by atoms with van der Waals surface area (Å²) in [6.45, 7) is 13.4. The van der Waals surface area contributed by atoms with Crippen LogP contribution in [0.3, 0.4) is 0 Å². The maximum absolute atomic E-state index is 13.6. The van der Waals surface area contributed by atoms with E-state index < -0.39 is 23.0 Å². The number of hydrogen-bond donors (Lipinski definition) is 2. The Morgan fingerprint density at radius 1 is 0.824 bits per heavy atom. The minimum Gasteiger partial charge on any atom is -0.393 e. The van der Waals surface area contributed by atoms with Crippen LogP contribution in [0.1, 0.15) is 99.3 Å². The molecule has 4 heteroatoms. The first kappa shape index (κ1) is 24.7. The predicted molar refractivity (Wildman–Crippen MR) is 133 cm³/mol. The molecule has 34 heavy (non-hydrogen) atoms. The maximum atomic E-state index is 13.6. The summed E-state index contributed by atoms with van der Waals surface area (Å²) in [7, 11) is 0. The summed E-state index contributed by atoms with van der Waals surface area (Å²) in [5.41, 5.74) is 0.333. The third-order valence-electron chi connectivity index (χ3n) is 12.5. The summed E-state index contributed by atoms with van der Waals surface area (Å²) in [6, 6.07) is 0. The zero-order valence-electron chi connectivity index (χ0n) is 22.2. The van der Waals surface area contributed by atoms with Crippen LogP contribution in [0.2, 0.25) is 0 Å². The molecule has 4 nitrogen and oxygen atoms in total. The molecule has 0 radical (unpaired) electrons. The van der Waals surface area contributed by atoms with Gasteiger partial charge in [0, 0.05) is 11.3 Å². The molecule has 10 atom stereocenters. The van der Waals surface area contributed by atoms with Gasteiger partial charge in [-0.3, -0.25) is 4.79 Å². The number of allylic oxidation sites excluding steroid dienone is 2. The van der Waals surface area contributed by atoms with Gasteiger partial charge < -0.3 is 15.0 Å². The van der Waals surface area contributed by atoms with Gasteiger partial charge in [0.15, 0.2) is 5.78 Å². The fourth-order valence-corrected chi connectivity index (χ4v) is 10.8. The predicted octanol–water partition coefficient (Wildman–Crippen LogP) is 5.50. The molecule has 5 aliphatic rings. The van der Waals surface area contributed by atoms with Crippen LogP contribution in [-0.2, 0) is 9.59 Å². The lowest BCUT2D eigenvalue weighted by atomic mass is 9.42. The molecule has 0 amide bonds. The van der Waals surface area contributed by atoms with Gasteiger partial charge in [-0.2, -0.15) is 0 Å². The lowest BCUT2D eigenvalue weighted by molar-refractivity contribution is -0.177. The van der Waals surface area contributed by atoms with Gasteiger partial charge in [0.2, 0.25) is 0 Å². The molecule has 0 heterocycles. The van der Waals surface area contributed by atoms with Crippen molar-refractivity contribution in [3.8, 4) is 0 Å². The van der Waals surface area contributed by atoms with E-state index in [1.807, 2.05) is 13.0 Å². The van der Waals surface area contributed by atoms with Crippen LogP contribution in [0, 0.1) is 50.7 Å². The fraction of sp³-hybridized carbons (Fsp3) is 0.867. The smallest absolute Gasteiger partial charge is 0.159 e. The van der Waals surface area contributed by atoms with Crippen LogP contribution in [0.4, 0.5) is 0 Å². The van der Waals surface area contributed by atoms with Gasteiger partial charge in [-0.15, -0.1) is 0 Å². The molecular formula is C30H46O4. The Morgan fingerprint density at radius 2 is 1.47 bits per heavy atom. The van der Waals surface area contributed by atoms with Crippen LogP contribution >= 0.6 is 0 Å². The molecule has 5 aliphatic carbocycles. The first-order valence-corrected chi connectivity index (χ1v) is 13.8. The molecule has 0 spiro atoms. The van der Waals surface area contributed by atoms with E-state index in [-0.39, 0.29) is 33.9 Å². The highest BCUT2D eigenvalue weighted by molar-refractivity contribution is 5.95. The molecule has 4 fully saturated rings. The van der Waals surface area contributed by atoms with E-state index in [0.29, 0.717) is 18.3 Å². The number of aliphatic hydroxyl groups is 2. The molecule has 0 aromatic heterocycles. The number of rotatable bonds is 1. The van der Waals surface area contributed by atoms with Gasteiger partial charge in [0.05, 0.1) is 17.6 Å². The number of fused-ring (bicyclic) bond motifs is 6. The second kappa shape index (κ2) is 7.51. The summed E-state index contributed by atoms with van der Waals surface area (Å²) >= 11 is 0. The van der Waals surface area contributed by atoms with E-state index in [1.54, 1.807) is 0 Å². The van der Waals surface area contributed by atoms with Gasteiger partial charge >= 0.3 is 0 Å². The van der Waals surface area contributed by atoms with Crippen molar-refractivity contribution < 1.29 is 19.8 Å². The zero-order chi connectivity index (χ0) is 24.9. The fourth-order valence-electron chi connectivity index (χ4n) is 10.8. The van der Waals surface area contributed by atoms with Gasteiger partial charge in [-0.1, -0.05) is 47.1 Å². The Labute approximate surface area is 206 Å². The average molecular weight is 471 g/mol. The lowest BCUT2D eigenvalue weighted by Gasteiger charge is -2.63. The van der Waals surface area contributed by atoms with E-state index in [4.69, 9.17) is 0 Å². The third-order valence-corrected chi connectivity index (χ3v) is 12.5. The molecule has 0 saturated heterocycles. The number of hydrogen-bond acceptors (Lipinski definition) is 4. The number of ketones is 1. The molecule has 0 unspecified atom stereocenters. The van der Waals surface area contributed by atoms with Crippen molar-refractivity contribution in [2.75, 3.05) is 0 Å². The van der Waals surface area contributed by atoms with Crippen molar-refractivity contribution in [1.29, 1.82) is 0 Å². The van der Waals surface area contributed by atoms with E-state index in [1.165, 1.54) is 5.57 Å². The summed E-state index contributed by atoms with van der Waals surface area (Å²) in [4.78, 5) is 25.9. The molecule has 0 bridgehead atoms. The van der Waals surface area contributed by atoms with E-state index in [0.717, 1.165) is 57.7 Å². The quantitative estimate of drug-likeness (QED) is 0.497. The molecule has 5 rings (SSSR count). The van der Waals surface area contributed by atoms with Gasteiger partial charge in [0.25, 0.3) is 0 Å². The van der Waals surface area contributed by atoms with E-state index in [9.17, 15) is 19.8 Å². The summed E-state index contributed by atoms with van der Waals surface area (Å²) in [5.74, 6) is 1.18. The Hall–Kier alpha value is -1.00. The summed E-state index contributed by atoms with van der Waals surface area (Å²) in [6.07, 6.45) is 10.6. The minimum absolute atomic E-state index is 0.0300. The van der Waals surface area contributed by atoms with E-state index in [2.05, 4.69) is 34.6 Å². The number of aldehydes is 1. The summed E-state index contributed by atoms with van der Waals surface area (Å²) in [5, 5.41) is 21.6. The van der Waals surface area contributed by atoms with Gasteiger partial charge in [-0.25, -0.2) is 0 Å². The highest BCUT2D eigenvalue weighted by Gasteiger charge is 2.65. The van der Waals surface area contributed by atoms with Crippen molar-refractivity contribution in [3.05, 3.63) is 11.6 Å². The zero-order valence-corrected chi connectivity index (χ0v) is 22.2. The standard InChI is InChI=1S/C30H46O4/c1-26(2)23(33)10-13-28(4)19-7-8-21-27(3,16-18(19)15-20(32)25(26)28)12-9-22-29(21,5)14-11-24(34)30(22,6)17-31/h15,17,19,21-25,33-34H,7-14,16H2,1-6H3/t19-,21+,22+,23+,24+,25-,27-,28+,29+,30+/m0/s1. The number of carbonyl (C=O) groups excluding carboxylic acids is 2. The molecule has 0 aromatic rings. The van der Waals surface area contributed by atoms with Crippen molar-refractivity contribution >= 4 is 12.1 Å². The highest BCUT2D eigenvalue weighted by atomic mass is 16.3.